The summed E-state index contributed by atoms with van der Waals surface area (Å²) < 4.78 is 5.26. The first kappa shape index (κ1) is 15.0. The Hall–Kier alpha value is -1.07. The van der Waals surface area contributed by atoms with Gasteiger partial charge in [0.25, 0.3) is 5.91 Å². The third-order valence-corrected chi connectivity index (χ3v) is 3.00. The van der Waals surface area contributed by atoms with E-state index in [-0.39, 0.29) is 12.5 Å². The standard InChI is InChI=1S/C12H13BrClNO3/c1-3-15(7-11(16)18-2)12(17)8-4-9(13)6-10(14)5-8/h4-6H,3,7H2,1-2H3. The molecule has 0 saturated heterocycles. The van der Waals surface area contributed by atoms with Gasteiger partial charge in [-0.2, -0.15) is 0 Å². The number of methoxy groups -OCH3 is 1. The van der Waals surface area contributed by atoms with Crippen LogP contribution in [0.5, 0.6) is 0 Å². The van der Waals surface area contributed by atoms with Gasteiger partial charge in [0.05, 0.1) is 7.11 Å². The Morgan fingerprint density at radius 3 is 2.56 bits per heavy atom. The van der Waals surface area contributed by atoms with Gasteiger partial charge < -0.3 is 9.64 Å². The second-order valence-corrected chi connectivity index (χ2v) is 4.91. The molecule has 0 unspecified atom stereocenters. The number of hydrogen-bond acceptors (Lipinski definition) is 3. The van der Waals surface area contributed by atoms with E-state index in [1.165, 1.54) is 12.0 Å². The number of amides is 1. The van der Waals surface area contributed by atoms with E-state index in [0.29, 0.717) is 21.6 Å². The Balaban J connectivity index is 2.92. The zero-order valence-corrected chi connectivity index (χ0v) is 12.4. The van der Waals surface area contributed by atoms with E-state index in [2.05, 4.69) is 20.7 Å². The van der Waals surface area contributed by atoms with Crippen LogP contribution >= 0.6 is 27.5 Å². The van der Waals surface area contributed by atoms with Gasteiger partial charge in [-0.15, -0.1) is 0 Å². The molecule has 0 spiro atoms. The third-order valence-electron chi connectivity index (χ3n) is 2.33. The lowest BCUT2D eigenvalue weighted by atomic mass is 10.2. The van der Waals surface area contributed by atoms with Crippen LogP contribution in [0.2, 0.25) is 5.02 Å². The van der Waals surface area contributed by atoms with Gasteiger partial charge in [0, 0.05) is 21.6 Å². The smallest absolute Gasteiger partial charge is 0.325 e. The number of hydrogen-bond donors (Lipinski definition) is 0. The van der Waals surface area contributed by atoms with E-state index in [9.17, 15) is 9.59 Å². The predicted molar refractivity (Wildman–Crippen MR) is 72.7 cm³/mol. The van der Waals surface area contributed by atoms with Gasteiger partial charge in [-0.25, -0.2) is 0 Å². The van der Waals surface area contributed by atoms with E-state index < -0.39 is 5.97 Å². The van der Waals surface area contributed by atoms with E-state index in [0.717, 1.165) is 0 Å². The minimum atomic E-state index is -0.453. The van der Waals surface area contributed by atoms with Crippen molar-refractivity contribution in [3.63, 3.8) is 0 Å². The molecule has 4 nitrogen and oxygen atoms in total. The van der Waals surface area contributed by atoms with Crippen molar-refractivity contribution in [3.8, 4) is 0 Å². The van der Waals surface area contributed by atoms with Crippen LogP contribution in [0.1, 0.15) is 17.3 Å². The molecule has 1 aromatic carbocycles. The lowest BCUT2D eigenvalue weighted by molar-refractivity contribution is -0.141. The number of carbonyl (C=O) groups excluding carboxylic acids is 2. The molecule has 0 aliphatic carbocycles. The molecule has 0 bridgehead atoms. The summed E-state index contributed by atoms with van der Waals surface area (Å²) in [6.07, 6.45) is 0. The Kier molecular flexibility index (Phi) is 5.62. The molecule has 0 radical (unpaired) electrons. The van der Waals surface area contributed by atoms with Crippen molar-refractivity contribution < 1.29 is 14.3 Å². The van der Waals surface area contributed by atoms with Crippen LogP contribution in [0.3, 0.4) is 0 Å². The molecule has 0 N–H and O–H groups in total. The lowest BCUT2D eigenvalue weighted by Crippen LogP contribution is -2.36. The van der Waals surface area contributed by atoms with Gasteiger partial charge in [-0.1, -0.05) is 27.5 Å². The van der Waals surface area contributed by atoms with Crippen LogP contribution < -0.4 is 0 Å². The van der Waals surface area contributed by atoms with Crippen molar-refractivity contribution in [1.82, 2.24) is 4.90 Å². The molecule has 0 heterocycles. The summed E-state index contributed by atoms with van der Waals surface area (Å²) in [6, 6.07) is 4.91. The molecule has 98 valence electrons. The van der Waals surface area contributed by atoms with Crippen LogP contribution in [-0.4, -0.2) is 37.0 Å². The highest BCUT2D eigenvalue weighted by Crippen LogP contribution is 2.20. The zero-order chi connectivity index (χ0) is 13.7. The molecule has 0 saturated carbocycles. The van der Waals surface area contributed by atoms with Crippen LogP contribution in [0.25, 0.3) is 0 Å². The number of ether oxygens (including phenoxy) is 1. The van der Waals surface area contributed by atoms with Gasteiger partial charge in [0.2, 0.25) is 0 Å². The number of esters is 1. The highest BCUT2D eigenvalue weighted by molar-refractivity contribution is 9.10. The molecular weight excluding hydrogens is 321 g/mol. The minimum absolute atomic E-state index is 0.0734. The molecule has 0 aliphatic heterocycles. The first-order valence-electron chi connectivity index (χ1n) is 5.30. The Morgan fingerprint density at radius 2 is 2.06 bits per heavy atom. The van der Waals surface area contributed by atoms with Crippen LogP contribution in [0.4, 0.5) is 0 Å². The highest BCUT2D eigenvalue weighted by atomic mass is 79.9. The maximum atomic E-state index is 12.2. The maximum Gasteiger partial charge on any atom is 0.325 e. The van der Waals surface area contributed by atoms with Crippen LogP contribution in [0, 0.1) is 0 Å². The van der Waals surface area contributed by atoms with Gasteiger partial charge >= 0.3 is 5.97 Å². The lowest BCUT2D eigenvalue weighted by Gasteiger charge is -2.19. The number of rotatable bonds is 4. The van der Waals surface area contributed by atoms with Crippen molar-refractivity contribution in [1.29, 1.82) is 0 Å². The van der Waals surface area contributed by atoms with Crippen LogP contribution in [0.15, 0.2) is 22.7 Å². The molecule has 1 rings (SSSR count). The molecule has 0 fully saturated rings. The Labute approximate surface area is 119 Å². The summed E-state index contributed by atoms with van der Waals surface area (Å²) in [5.41, 5.74) is 0.431. The second-order valence-electron chi connectivity index (χ2n) is 3.55. The third kappa shape index (κ3) is 3.99. The second kappa shape index (κ2) is 6.75. The molecule has 6 heteroatoms. The quantitative estimate of drug-likeness (QED) is 0.795. The van der Waals surface area contributed by atoms with Crippen molar-refractivity contribution >= 4 is 39.4 Å². The molecule has 1 aromatic rings. The number of nitrogens with zero attached hydrogens (tertiary/aromatic N) is 1. The summed E-state index contributed by atoms with van der Waals surface area (Å²) in [5, 5.41) is 0.460. The predicted octanol–water partition coefficient (Wildman–Crippen LogP) is 2.74. The Morgan fingerprint density at radius 1 is 1.39 bits per heavy atom. The average molecular weight is 335 g/mol. The normalized spacial score (nSPS) is 10.0. The van der Waals surface area contributed by atoms with Crippen molar-refractivity contribution in [3.05, 3.63) is 33.3 Å². The zero-order valence-electron chi connectivity index (χ0n) is 10.1. The van der Waals surface area contributed by atoms with Crippen molar-refractivity contribution in [2.45, 2.75) is 6.92 Å². The van der Waals surface area contributed by atoms with E-state index >= 15 is 0 Å². The first-order chi connectivity index (χ1) is 8.47. The Bertz CT molecular complexity index is 444. The monoisotopic (exact) mass is 333 g/mol. The summed E-state index contributed by atoms with van der Waals surface area (Å²) in [5.74, 6) is -0.711. The largest absolute Gasteiger partial charge is 0.468 e. The molecular formula is C12H13BrClNO3. The molecule has 0 aliphatic rings. The number of halogens is 2. The molecule has 18 heavy (non-hydrogen) atoms. The van der Waals surface area contributed by atoms with Gasteiger partial charge in [-0.3, -0.25) is 9.59 Å². The van der Waals surface area contributed by atoms with Gasteiger partial charge in [0.1, 0.15) is 6.54 Å². The fourth-order valence-electron chi connectivity index (χ4n) is 1.41. The average Bonchev–Trinajstić information content (AvgIpc) is 2.33. The maximum absolute atomic E-state index is 12.2. The highest BCUT2D eigenvalue weighted by Gasteiger charge is 2.18. The van der Waals surface area contributed by atoms with Gasteiger partial charge in [0.15, 0.2) is 0 Å². The summed E-state index contributed by atoms with van der Waals surface area (Å²) in [4.78, 5) is 24.8. The van der Waals surface area contributed by atoms with Crippen LogP contribution in [-0.2, 0) is 9.53 Å². The SMILES string of the molecule is CCN(CC(=O)OC)C(=O)c1cc(Cl)cc(Br)c1. The number of carbonyl (C=O) groups is 2. The molecule has 1 amide bonds. The fraction of sp³-hybridized carbons (Fsp3) is 0.333. The topological polar surface area (TPSA) is 46.6 Å². The summed E-state index contributed by atoms with van der Waals surface area (Å²) in [6.45, 7) is 2.13. The van der Waals surface area contributed by atoms with E-state index in [1.54, 1.807) is 25.1 Å². The van der Waals surface area contributed by atoms with Gasteiger partial charge in [-0.05, 0) is 25.1 Å². The number of benzene rings is 1. The van der Waals surface area contributed by atoms with Crippen molar-refractivity contribution in [2.24, 2.45) is 0 Å². The van der Waals surface area contributed by atoms with Crippen molar-refractivity contribution in [2.75, 3.05) is 20.2 Å². The van der Waals surface area contributed by atoms with E-state index in [4.69, 9.17) is 11.6 Å². The minimum Gasteiger partial charge on any atom is -0.468 e. The fourth-order valence-corrected chi connectivity index (χ4v) is 2.27. The molecule has 0 atom stereocenters. The molecule has 0 aromatic heterocycles. The first-order valence-corrected chi connectivity index (χ1v) is 6.47. The summed E-state index contributed by atoms with van der Waals surface area (Å²) >= 11 is 9.15. The summed E-state index contributed by atoms with van der Waals surface area (Å²) in [7, 11) is 1.29. The van der Waals surface area contributed by atoms with E-state index in [1.807, 2.05) is 0 Å². The number of likely N-dealkylation sites (N-methyl/N-ethyl adjacent to an activating group) is 1.